The van der Waals surface area contributed by atoms with E-state index >= 15 is 8.78 Å². The van der Waals surface area contributed by atoms with Crippen LogP contribution in [0.1, 0.15) is 132 Å². The molecule has 10 aromatic carbocycles. The molecule has 11 aliphatic rings. The molecule has 4 atom stereocenters. The van der Waals surface area contributed by atoms with Gasteiger partial charge in [-0.3, -0.25) is 14.4 Å². The summed E-state index contributed by atoms with van der Waals surface area (Å²) in [6.07, 6.45) is 11.1. The third-order valence-electron chi connectivity index (χ3n) is 28.5. The van der Waals surface area contributed by atoms with Crippen LogP contribution < -0.4 is 14.8 Å². The average Bonchev–Trinajstić information content (AvgIpc) is 1.68. The first-order chi connectivity index (χ1) is 68.3. The van der Waals surface area contributed by atoms with Crippen molar-refractivity contribution < 1.29 is 119 Å². The number of hydrogen-bond donors (Lipinski definition) is 7. The van der Waals surface area contributed by atoms with Gasteiger partial charge in [0.15, 0.2) is 17.6 Å². The van der Waals surface area contributed by atoms with E-state index in [4.69, 9.17) is 30.1 Å². The smallest absolute Gasteiger partial charge is 0.377 e. The highest BCUT2D eigenvalue weighted by Crippen LogP contribution is 2.43. The van der Waals surface area contributed by atoms with Crippen LogP contribution >= 0.6 is 0 Å². The number of nitrogens with zero attached hydrogens (tertiary/aromatic N) is 2. The Morgan fingerprint density at radius 1 is 0.441 bits per heavy atom. The third kappa shape index (κ3) is 27.8. The number of halogens is 6. The monoisotopic (exact) mass is 1970 g/mol. The van der Waals surface area contributed by atoms with E-state index < -0.39 is 101 Å². The molecule has 0 bridgehead atoms. The van der Waals surface area contributed by atoms with E-state index in [9.17, 15) is 71.2 Å². The molecule has 21 rings (SSSR count). The number of aldehydes is 1. The number of carboxylic acid groups (broad SMARTS) is 2. The van der Waals surface area contributed by atoms with Gasteiger partial charge >= 0.3 is 47.6 Å². The first-order valence-corrected chi connectivity index (χ1v) is 48.2. The van der Waals surface area contributed by atoms with Gasteiger partial charge in [0.1, 0.15) is 31.7 Å². The summed E-state index contributed by atoms with van der Waals surface area (Å²) in [4.78, 5) is 91.4. The number of hydrogen-bond acceptors (Lipinski definition) is 19. The molecule has 22 nitrogen and oxygen atoms in total. The molecule has 0 aromatic heterocycles. The topological polar surface area (TPSA) is 343 Å². The number of ether oxygens (including phenoxy) is 5. The van der Waals surface area contributed by atoms with Crippen molar-refractivity contribution >= 4 is 47.8 Å². The zero-order chi connectivity index (χ0) is 101. The quantitative estimate of drug-likeness (QED) is 0.00987. The Morgan fingerprint density at radius 3 is 1.12 bits per heavy atom. The van der Waals surface area contributed by atoms with Crippen molar-refractivity contribution in [2.45, 2.75) is 178 Å². The van der Waals surface area contributed by atoms with Crippen molar-refractivity contribution in [1.29, 1.82) is 5.26 Å². The Balaban J connectivity index is 0.000000148. The van der Waals surface area contributed by atoms with E-state index in [0.29, 0.717) is 75.0 Å². The minimum absolute atomic E-state index is 0. The first-order valence-electron chi connectivity index (χ1n) is 48.2. The van der Waals surface area contributed by atoms with Gasteiger partial charge in [0, 0.05) is 54.6 Å². The number of esters is 3. The predicted octanol–water partition coefficient (Wildman–Crippen LogP) is 15.9. The summed E-state index contributed by atoms with van der Waals surface area (Å²) in [7, 11) is 3.52. The Bertz CT molecular complexity index is 5870. The van der Waals surface area contributed by atoms with Crippen molar-refractivity contribution in [3.8, 4) is 17.6 Å². The fourth-order valence-corrected chi connectivity index (χ4v) is 20.6. The molecule has 756 valence electrons. The Labute approximate surface area is 829 Å². The summed E-state index contributed by atoms with van der Waals surface area (Å²) < 4.78 is 109. The number of amides is 1. The number of nitriles is 1. The van der Waals surface area contributed by atoms with Gasteiger partial charge < -0.3 is 69.3 Å². The van der Waals surface area contributed by atoms with Crippen molar-refractivity contribution in [2.75, 3.05) is 60.8 Å². The second kappa shape index (κ2) is 50.7. The molecule has 1 saturated heterocycles. The van der Waals surface area contributed by atoms with Crippen molar-refractivity contribution in [2.24, 2.45) is 53.3 Å². The summed E-state index contributed by atoms with van der Waals surface area (Å²) in [5.41, 5.74) is 21.0. The minimum atomic E-state index is -3.63. The predicted molar refractivity (Wildman–Crippen MR) is 525 cm³/mol. The van der Waals surface area contributed by atoms with Crippen LogP contribution in [-0.2, 0) is 168 Å². The van der Waals surface area contributed by atoms with Crippen LogP contribution in [0.4, 0.5) is 26.3 Å². The number of aliphatic carboxylic acids is 2. The van der Waals surface area contributed by atoms with Gasteiger partial charge in [-0.05, 0) is 265 Å². The van der Waals surface area contributed by atoms with Gasteiger partial charge in [-0.1, -0.05) is 232 Å². The van der Waals surface area contributed by atoms with Crippen LogP contribution in [0.5, 0.6) is 11.5 Å². The number of fused-ring (bicyclic) bond motifs is 10. The van der Waals surface area contributed by atoms with E-state index in [2.05, 4.69) is 73.0 Å². The summed E-state index contributed by atoms with van der Waals surface area (Å²) in [5, 5.41) is 67.5. The first kappa shape index (κ1) is 109. The third-order valence-corrected chi connectivity index (χ3v) is 28.5. The zero-order valence-electron chi connectivity index (χ0n) is 79.6. The fourth-order valence-electron chi connectivity index (χ4n) is 20.6. The molecule has 0 radical (unpaired) electrons. The SMILES string of the molecule is C.COC(=O)C(=O)C1Cc2ccccc2C1.COC(=O)C(F)(F)C1Cc2ccccc2C1.COC(=O)C(O)C1Cc2ccccc2C1.N#CC(O)C1Cc2ccccc2C1.O=C(N[C@H](CN1CCCC1)[C@H](O)c1ccc2c(c1)OCCO2)C(F)(F)C1Cc2ccccc2C1.O=C(O)C(F)(F)C1Cc2ccccc2C1.O=C(O)C1Cc2ccccc2C1.O=CC1Cc2ccccc2C1.OCC1Cc2ccccc2C1. The number of ketones is 1. The number of rotatable bonds is 19. The highest BCUT2D eigenvalue weighted by atomic mass is 19.3. The number of likely N-dealkylation sites (tertiary alicyclic amines) is 1. The van der Waals surface area contributed by atoms with Gasteiger partial charge in [-0.2, -0.15) is 31.6 Å². The van der Waals surface area contributed by atoms with Crippen molar-refractivity contribution in [3.63, 3.8) is 0 Å². The van der Waals surface area contributed by atoms with Gasteiger partial charge in [-0.15, -0.1) is 0 Å². The maximum Gasteiger partial charge on any atom is 0.377 e. The molecule has 0 saturated carbocycles. The highest BCUT2D eigenvalue weighted by Gasteiger charge is 2.53. The number of aliphatic hydroxyl groups is 4. The van der Waals surface area contributed by atoms with Crippen LogP contribution in [0.2, 0.25) is 0 Å². The summed E-state index contributed by atoms with van der Waals surface area (Å²) in [6, 6.07) is 76.5. The molecule has 1 amide bonds. The normalized spacial score (nSPS) is 17.1. The molecule has 1 fully saturated rings. The minimum Gasteiger partial charge on any atom is -0.486 e. The van der Waals surface area contributed by atoms with Gasteiger partial charge in [0.05, 0.1) is 39.4 Å². The average molecular weight is 1970 g/mol. The fraction of sp³-hybridized carbons (Fsp3) is 0.400. The number of methoxy groups -OCH3 is 3. The molecule has 0 spiro atoms. The lowest BCUT2D eigenvalue weighted by Gasteiger charge is -2.31. The number of carboxylic acids is 2. The molecular weight excluding hydrogens is 1840 g/mol. The maximum absolute atomic E-state index is 15.3. The molecular formula is C115H125F6N3O19. The largest absolute Gasteiger partial charge is 0.486 e. The molecule has 2 heterocycles. The second-order valence-electron chi connectivity index (χ2n) is 37.9. The van der Waals surface area contributed by atoms with Crippen LogP contribution in [0, 0.1) is 64.6 Å². The summed E-state index contributed by atoms with van der Waals surface area (Å²) >= 11 is 0. The summed E-state index contributed by atoms with van der Waals surface area (Å²) in [6.45, 7) is 3.10. The number of aliphatic hydroxyl groups excluding tert-OH is 4. The zero-order valence-corrected chi connectivity index (χ0v) is 79.6. The van der Waals surface area contributed by atoms with Crippen molar-refractivity contribution in [1.82, 2.24) is 10.2 Å². The van der Waals surface area contributed by atoms with Crippen LogP contribution in [0.25, 0.3) is 0 Å². The van der Waals surface area contributed by atoms with Crippen molar-refractivity contribution in [3.05, 3.63) is 342 Å². The van der Waals surface area contributed by atoms with Gasteiger partial charge in [0.2, 0.25) is 5.78 Å². The van der Waals surface area contributed by atoms with E-state index in [0.717, 1.165) is 124 Å². The number of Topliss-reactive ketones (excluding diaryl/α,β-unsaturated/α-hetero) is 1. The van der Waals surface area contributed by atoms with E-state index in [-0.39, 0.29) is 75.5 Å². The number of benzene rings is 10. The number of carbonyl (C=O) groups is 8. The lowest BCUT2D eigenvalue weighted by Crippen LogP contribution is -2.54. The molecule has 10 aromatic rings. The lowest BCUT2D eigenvalue weighted by molar-refractivity contribution is -0.176. The maximum atomic E-state index is 15.3. The van der Waals surface area contributed by atoms with Gasteiger partial charge in [0.25, 0.3) is 5.91 Å². The lowest BCUT2D eigenvalue weighted by atomic mass is 9.95. The molecule has 9 aliphatic carbocycles. The standard InChI is InChI=1S/C26H30F2N2O4.C12H12F2O2.C12H14O3.C12H12O3.C11H10F2O2.C11H11NO.C10H10O2.C10H12O.C10H10O.CH4/c27-26(28,20-13-17-5-1-2-6-18(17)14-20)25(32)29-21(16-30-9-3-4-10-30)24(31)19-7-8-22-23(15-19)34-12-11-33-22;1-16-11(15)12(13,14)10-6-8-4-2-3-5-9(8)7-10;2*1-15-12(14)11(13)10-6-8-4-2-3-5-9(8)7-10;12-11(13,10(14)15)9-5-7-3-1-2-4-8(7)6-9;12-7-11(13)10-5-8-3-1-2-4-9(8)6-10;11-10(12)9-5-7-3-1-2-4-8(7)6-9;2*11-7-8-5-9-3-1-2-4-10(9)6-8;/h1-2,5-8,15,20-21,24,31H,3-4,9-14,16H2,(H,29,32);2-5,10H,6-7H2,1H3;2-5,10-11,13H,6-7H2,1H3;2-5,10H,6-7H2,1H3;1-4,9H,5-6H2,(H,14,15);1-4,10-11,13H,5-6H2;1-4,9H,5-6H2,(H,11,12);1-4,8,11H,5-7H2;1-4,7-8H,5-6H2;1H4/t21-,24-;;;;;;;;;/m1........./s1. The number of carbonyl (C=O) groups excluding carboxylic acids is 6. The highest BCUT2D eigenvalue weighted by molar-refractivity contribution is 6.34. The Morgan fingerprint density at radius 2 is 0.776 bits per heavy atom. The summed E-state index contributed by atoms with van der Waals surface area (Å²) in [5.74, 6) is -19.4. The second-order valence-corrected chi connectivity index (χ2v) is 37.9. The Kier molecular flexibility index (Phi) is 38.5. The molecule has 2 aliphatic heterocycles. The van der Waals surface area contributed by atoms with Crippen LogP contribution in [0.15, 0.2) is 237 Å². The number of nitrogens with one attached hydrogen (secondary N) is 1. The molecule has 143 heavy (non-hydrogen) atoms. The molecule has 28 heteroatoms. The molecule has 7 N–H and O–H groups in total. The molecule has 2 unspecified atom stereocenters. The van der Waals surface area contributed by atoms with E-state index in [1.165, 1.54) is 81.0 Å². The van der Waals surface area contributed by atoms with Gasteiger partial charge in [-0.25, -0.2) is 19.2 Å². The van der Waals surface area contributed by atoms with Crippen LogP contribution in [0.3, 0.4) is 0 Å². The Hall–Kier alpha value is -13.2. The number of alkyl halides is 6. The van der Waals surface area contributed by atoms with Crippen LogP contribution in [-0.4, -0.2) is 180 Å². The van der Waals surface area contributed by atoms with E-state index in [1.807, 2.05) is 152 Å². The van der Waals surface area contributed by atoms with E-state index in [1.54, 1.807) is 42.5 Å².